The van der Waals surface area contributed by atoms with Crippen molar-refractivity contribution in [2.45, 2.75) is 347 Å². The maximum absolute atomic E-state index is 12.9. The summed E-state index contributed by atoms with van der Waals surface area (Å²) in [7, 11) is -9.77. The Hall–Kier alpha value is -3.27. The normalized spacial score (nSPS) is 14.6. The SMILES string of the molecule is CC/C=C\C/C=C\C/C=C\CCCCCCCC(=O)OCC(COP(=O)(O)OCC(O)COP(=O)(O)OCC(O)COC(=O)CCCCCCCCCCCCCCCCC/C=C\C/C=C\C/C=C\C/C=C\CCCCC)OC(=O)CCCCCCCCCCCCCCC. The zero-order chi connectivity index (χ0) is 69.5. The van der Waals surface area contributed by atoms with E-state index in [-0.39, 0.29) is 19.3 Å². The molecule has 0 bridgehead atoms. The summed E-state index contributed by atoms with van der Waals surface area (Å²) in [6.45, 7) is 2.55. The van der Waals surface area contributed by atoms with Crippen LogP contribution in [0.3, 0.4) is 0 Å². The topological polar surface area (TPSA) is 231 Å². The number of allylic oxidation sites excluding steroid dienone is 14. The van der Waals surface area contributed by atoms with Crippen LogP contribution in [0.25, 0.3) is 0 Å². The van der Waals surface area contributed by atoms with E-state index in [0.29, 0.717) is 19.3 Å². The van der Waals surface area contributed by atoms with Gasteiger partial charge >= 0.3 is 33.6 Å². The van der Waals surface area contributed by atoms with Gasteiger partial charge in [-0.15, -0.1) is 0 Å². The van der Waals surface area contributed by atoms with Gasteiger partial charge in [-0.25, -0.2) is 9.13 Å². The molecule has 0 aliphatic heterocycles. The summed E-state index contributed by atoms with van der Waals surface area (Å²) in [4.78, 5) is 58.4. The van der Waals surface area contributed by atoms with Crippen LogP contribution in [0.4, 0.5) is 0 Å². The summed E-state index contributed by atoms with van der Waals surface area (Å²) in [5, 5.41) is 20.6. The lowest BCUT2D eigenvalue weighted by molar-refractivity contribution is -0.161. The van der Waals surface area contributed by atoms with Gasteiger partial charge in [-0.1, -0.05) is 298 Å². The van der Waals surface area contributed by atoms with Crippen molar-refractivity contribution in [3.63, 3.8) is 0 Å². The van der Waals surface area contributed by atoms with Crippen molar-refractivity contribution in [3.05, 3.63) is 85.1 Å². The van der Waals surface area contributed by atoms with Crippen molar-refractivity contribution in [1.82, 2.24) is 0 Å². The molecule has 0 aliphatic rings. The highest BCUT2D eigenvalue weighted by atomic mass is 31.2. The third kappa shape index (κ3) is 71.8. The predicted molar refractivity (Wildman–Crippen MR) is 390 cm³/mol. The molecule has 0 spiro atoms. The lowest BCUT2D eigenvalue weighted by Crippen LogP contribution is -2.30. The van der Waals surface area contributed by atoms with Gasteiger partial charge in [0, 0.05) is 19.3 Å². The Morgan fingerprint density at radius 3 is 0.905 bits per heavy atom. The van der Waals surface area contributed by atoms with E-state index in [1.807, 2.05) is 0 Å². The second kappa shape index (κ2) is 70.6. The molecule has 0 aromatic heterocycles. The van der Waals surface area contributed by atoms with Crippen molar-refractivity contribution in [2.75, 3.05) is 39.6 Å². The summed E-state index contributed by atoms with van der Waals surface area (Å²) in [6, 6.07) is 0. The standard InChI is InChI=1S/C77H138O16P2/c1-4-7-10-13-16-19-22-25-27-28-29-30-31-32-33-34-35-36-37-38-39-40-41-42-44-47-48-51-54-57-60-63-75(80)87-66-72(78)67-89-94(83,84)90-68-73(79)69-91-95(85,86)92-71-74(93-77(82)65-62-59-56-53-50-45-24-21-18-15-12-9-6-3)70-88-76(81)64-61-58-55-52-49-46-43-26-23-20-17-14-11-8-5-2/h8,11,16-17,19-20,25-27,29-30,32-33,43,72-74,78-79H,4-7,9-10,12-15,18,21-24,28,31,34-42,44-71H2,1-3H3,(H,83,84)(H,85,86)/b11-8-,19-16-,20-17-,27-25-,30-29-,33-32-,43-26-. The zero-order valence-electron chi connectivity index (χ0n) is 60.1. The second-order valence-corrected chi connectivity index (χ2v) is 28.3. The third-order valence-corrected chi connectivity index (χ3v) is 18.0. The summed E-state index contributed by atoms with van der Waals surface area (Å²) in [5.74, 6) is -1.58. The lowest BCUT2D eigenvalue weighted by Gasteiger charge is -2.21. The quantitative estimate of drug-likeness (QED) is 0.0146. The fourth-order valence-electron chi connectivity index (χ4n) is 10.3. The smallest absolute Gasteiger partial charge is 0.463 e. The maximum Gasteiger partial charge on any atom is 0.472 e. The number of esters is 3. The van der Waals surface area contributed by atoms with Crippen molar-refractivity contribution in [3.8, 4) is 0 Å². The molecule has 95 heavy (non-hydrogen) atoms. The minimum Gasteiger partial charge on any atom is -0.463 e. The number of carbonyl (C=O) groups excluding carboxylic acids is 3. The minimum atomic E-state index is -4.92. The number of carbonyl (C=O) groups is 3. The molecule has 0 saturated heterocycles. The van der Waals surface area contributed by atoms with Crippen LogP contribution in [0, 0.1) is 0 Å². The molecule has 4 N–H and O–H groups in total. The predicted octanol–water partition coefficient (Wildman–Crippen LogP) is 21.7. The molecular formula is C77H138O16P2. The molecule has 18 heteroatoms. The maximum atomic E-state index is 12.9. The van der Waals surface area contributed by atoms with Crippen molar-refractivity contribution in [2.24, 2.45) is 0 Å². The lowest BCUT2D eigenvalue weighted by atomic mass is 10.0. The summed E-state index contributed by atoms with van der Waals surface area (Å²) < 4.78 is 61.0. The van der Waals surface area contributed by atoms with Crippen LogP contribution in [0.2, 0.25) is 0 Å². The van der Waals surface area contributed by atoms with Crippen molar-refractivity contribution < 1.29 is 75.8 Å². The number of aliphatic hydroxyl groups excluding tert-OH is 2. The second-order valence-electron chi connectivity index (χ2n) is 25.4. The molecule has 0 aliphatic carbocycles. The molecule has 0 saturated carbocycles. The van der Waals surface area contributed by atoms with Crippen LogP contribution >= 0.6 is 15.6 Å². The molecule has 552 valence electrons. The van der Waals surface area contributed by atoms with Crippen LogP contribution in [0.5, 0.6) is 0 Å². The summed E-state index contributed by atoms with van der Waals surface area (Å²) >= 11 is 0. The highest BCUT2D eigenvalue weighted by molar-refractivity contribution is 7.47. The van der Waals surface area contributed by atoms with Crippen molar-refractivity contribution in [1.29, 1.82) is 0 Å². The van der Waals surface area contributed by atoms with Crippen LogP contribution < -0.4 is 0 Å². The van der Waals surface area contributed by atoms with Crippen LogP contribution in [-0.4, -0.2) is 95.9 Å². The molecule has 0 heterocycles. The number of unbranched alkanes of at least 4 members (excludes halogenated alkanes) is 35. The zero-order valence-corrected chi connectivity index (χ0v) is 61.9. The first kappa shape index (κ1) is 91.7. The van der Waals surface area contributed by atoms with Gasteiger partial charge in [0.05, 0.1) is 26.4 Å². The average Bonchev–Trinajstić information content (AvgIpc) is 1.79. The summed E-state index contributed by atoms with van der Waals surface area (Å²) in [5.41, 5.74) is 0. The van der Waals surface area contributed by atoms with E-state index in [2.05, 4.69) is 106 Å². The Balaban J connectivity index is 4.39. The van der Waals surface area contributed by atoms with Gasteiger partial charge in [-0.05, 0) is 96.3 Å². The Bertz CT molecular complexity index is 2070. The first-order valence-electron chi connectivity index (χ1n) is 37.9. The molecule has 5 atom stereocenters. The van der Waals surface area contributed by atoms with Gasteiger partial charge in [0.1, 0.15) is 25.4 Å². The fourth-order valence-corrected chi connectivity index (χ4v) is 11.9. The molecule has 16 nitrogen and oxygen atoms in total. The monoisotopic (exact) mass is 1380 g/mol. The first-order valence-corrected chi connectivity index (χ1v) is 40.9. The van der Waals surface area contributed by atoms with Gasteiger partial charge in [0.25, 0.3) is 0 Å². The number of rotatable bonds is 72. The minimum absolute atomic E-state index is 0.105. The van der Waals surface area contributed by atoms with E-state index in [9.17, 15) is 43.5 Å². The van der Waals surface area contributed by atoms with E-state index >= 15 is 0 Å². The van der Waals surface area contributed by atoms with E-state index in [1.54, 1.807) is 0 Å². The van der Waals surface area contributed by atoms with E-state index < -0.39 is 91.5 Å². The molecule has 0 fully saturated rings. The molecule has 5 unspecified atom stereocenters. The number of phosphoric acid groups is 2. The first-order chi connectivity index (χ1) is 46.2. The molecule has 0 amide bonds. The Morgan fingerprint density at radius 2 is 0.558 bits per heavy atom. The van der Waals surface area contributed by atoms with E-state index in [4.69, 9.17) is 32.3 Å². The van der Waals surface area contributed by atoms with Crippen LogP contribution in [0.1, 0.15) is 329 Å². The third-order valence-electron chi connectivity index (χ3n) is 16.1. The largest absolute Gasteiger partial charge is 0.472 e. The molecule has 0 rings (SSSR count). The summed E-state index contributed by atoms with van der Waals surface area (Å²) in [6.07, 6.45) is 77.9. The van der Waals surface area contributed by atoms with Crippen molar-refractivity contribution >= 4 is 33.6 Å². The van der Waals surface area contributed by atoms with Gasteiger partial charge < -0.3 is 34.2 Å². The van der Waals surface area contributed by atoms with E-state index in [0.717, 1.165) is 116 Å². The highest BCUT2D eigenvalue weighted by Gasteiger charge is 2.29. The molecule has 0 aromatic carbocycles. The average molecular weight is 1380 g/mol. The van der Waals surface area contributed by atoms with Gasteiger partial charge in [0.15, 0.2) is 6.10 Å². The molecule has 0 aromatic rings. The Kier molecular flexibility index (Phi) is 68.2. The number of ether oxygens (including phenoxy) is 3. The molecular weight excluding hydrogens is 1240 g/mol. The van der Waals surface area contributed by atoms with Crippen LogP contribution in [-0.2, 0) is 55.8 Å². The van der Waals surface area contributed by atoms with Crippen LogP contribution in [0.15, 0.2) is 85.1 Å². The fraction of sp³-hybridized carbons (Fsp3) is 0.779. The highest BCUT2D eigenvalue weighted by Crippen LogP contribution is 2.45. The Labute approximate surface area is 578 Å². The van der Waals surface area contributed by atoms with Gasteiger partial charge in [-0.3, -0.25) is 32.5 Å². The Morgan fingerprint density at radius 1 is 0.305 bits per heavy atom. The van der Waals surface area contributed by atoms with Gasteiger partial charge in [-0.2, -0.15) is 0 Å². The van der Waals surface area contributed by atoms with E-state index in [1.165, 1.54) is 154 Å². The number of phosphoric ester groups is 2. The number of aliphatic hydroxyl groups is 2. The number of hydrogen-bond donors (Lipinski definition) is 4. The van der Waals surface area contributed by atoms with Gasteiger partial charge in [0.2, 0.25) is 0 Å². The molecule has 0 radical (unpaired) electrons. The number of hydrogen-bond acceptors (Lipinski definition) is 14.